The van der Waals surface area contributed by atoms with Crippen molar-refractivity contribution in [2.75, 3.05) is 45.7 Å². The maximum Gasteiger partial charge on any atom is 0.240 e. The number of nitrogens with zero attached hydrogens (tertiary/aromatic N) is 2. The third kappa shape index (κ3) is 4.84. The van der Waals surface area contributed by atoms with Gasteiger partial charge in [-0.3, -0.25) is 4.90 Å². The number of benzene rings is 2. The van der Waals surface area contributed by atoms with Gasteiger partial charge in [-0.15, -0.1) is 0 Å². The van der Waals surface area contributed by atoms with Crippen LogP contribution in [-0.2, 0) is 10.0 Å². The molecule has 1 N–H and O–H groups in total. The normalized spacial score (nSPS) is 16.1. The van der Waals surface area contributed by atoms with Crippen LogP contribution in [0.1, 0.15) is 24.4 Å². The van der Waals surface area contributed by atoms with Gasteiger partial charge < -0.3 is 9.64 Å². The lowest BCUT2D eigenvalue weighted by molar-refractivity contribution is 0.246. The highest BCUT2D eigenvalue weighted by Gasteiger charge is 2.25. The second kappa shape index (κ2) is 8.94. The Balaban J connectivity index is 1.77. The number of rotatable bonds is 8. The first-order valence-electron chi connectivity index (χ1n) is 9.56. The van der Waals surface area contributed by atoms with Crippen molar-refractivity contribution in [3.8, 4) is 5.75 Å². The standard InChI is InChI=1S/C21H29N3O3S/c1-23(2)18-8-6-17(7-9-18)21(24-14-4-5-15-24)16-22-28(25,26)20-12-10-19(27-3)11-13-20/h6-13,21-22H,4-5,14-16H2,1-3H3/t21-/m1/s1. The lowest BCUT2D eigenvalue weighted by Crippen LogP contribution is -2.36. The highest BCUT2D eigenvalue weighted by molar-refractivity contribution is 7.89. The molecule has 2 aromatic carbocycles. The maximum absolute atomic E-state index is 12.7. The van der Waals surface area contributed by atoms with Crippen LogP contribution in [0.5, 0.6) is 5.75 Å². The smallest absolute Gasteiger partial charge is 0.240 e. The van der Waals surface area contributed by atoms with Gasteiger partial charge in [-0.2, -0.15) is 0 Å². The minimum Gasteiger partial charge on any atom is -0.497 e. The topological polar surface area (TPSA) is 61.9 Å². The SMILES string of the molecule is COc1ccc(S(=O)(=O)NC[C@H](c2ccc(N(C)C)cc2)N2CCCC2)cc1. The summed E-state index contributed by atoms with van der Waals surface area (Å²) in [5, 5.41) is 0. The van der Waals surface area contributed by atoms with Crippen LogP contribution in [0, 0.1) is 0 Å². The van der Waals surface area contributed by atoms with Crippen LogP contribution in [0.2, 0.25) is 0 Å². The van der Waals surface area contributed by atoms with Gasteiger partial charge in [0.25, 0.3) is 0 Å². The second-order valence-corrected chi connectivity index (χ2v) is 9.04. The highest BCUT2D eigenvalue weighted by atomic mass is 32.2. The number of methoxy groups -OCH3 is 1. The van der Waals surface area contributed by atoms with Crippen LogP contribution in [0.25, 0.3) is 0 Å². The fraction of sp³-hybridized carbons (Fsp3) is 0.429. The van der Waals surface area contributed by atoms with Gasteiger partial charge >= 0.3 is 0 Å². The van der Waals surface area contributed by atoms with Crippen molar-refractivity contribution in [3.63, 3.8) is 0 Å². The quantitative estimate of drug-likeness (QED) is 0.734. The molecule has 6 nitrogen and oxygen atoms in total. The molecule has 28 heavy (non-hydrogen) atoms. The molecule has 1 aliphatic rings. The van der Waals surface area contributed by atoms with Gasteiger partial charge in [0.05, 0.1) is 12.0 Å². The largest absolute Gasteiger partial charge is 0.497 e. The predicted octanol–water partition coefficient (Wildman–Crippen LogP) is 2.88. The molecule has 1 fully saturated rings. The zero-order valence-corrected chi connectivity index (χ0v) is 17.6. The first kappa shape index (κ1) is 20.6. The summed E-state index contributed by atoms with van der Waals surface area (Å²) in [4.78, 5) is 4.67. The van der Waals surface area contributed by atoms with Crippen LogP contribution >= 0.6 is 0 Å². The van der Waals surface area contributed by atoms with Crippen molar-refractivity contribution in [2.24, 2.45) is 0 Å². The summed E-state index contributed by atoms with van der Waals surface area (Å²) >= 11 is 0. The zero-order valence-electron chi connectivity index (χ0n) is 16.8. The van der Waals surface area contributed by atoms with Gasteiger partial charge in [0, 0.05) is 32.4 Å². The minimum atomic E-state index is -3.58. The Bertz CT molecular complexity index is 859. The van der Waals surface area contributed by atoms with Crippen LogP contribution in [-0.4, -0.2) is 54.2 Å². The number of anilines is 1. The molecule has 0 aromatic heterocycles. The molecule has 0 amide bonds. The highest BCUT2D eigenvalue weighted by Crippen LogP contribution is 2.27. The fourth-order valence-corrected chi connectivity index (χ4v) is 4.57. The van der Waals surface area contributed by atoms with E-state index in [-0.39, 0.29) is 10.9 Å². The number of hydrogen-bond acceptors (Lipinski definition) is 5. The molecule has 7 heteroatoms. The number of likely N-dealkylation sites (tertiary alicyclic amines) is 1. The molecule has 2 aromatic rings. The molecule has 1 heterocycles. The molecule has 1 atom stereocenters. The Labute approximate surface area is 168 Å². The van der Waals surface area contributed by atoms with Crippen LogP contribution in [0.4, 0.5) is 5.69 Å². The average molecular weight is 404 g/mol. The van der Waals surface area contributed by atoms with Crippen LogP contribution in [0.15, 0.2) is 53.4 Å². The molecule has 0 unspecified atom stereocenters. The molecule has 3 rings (SSSR count). The Morgan fingerprint density at radius 1 is 1.04 bits per heavy atom. The molecule has 1 saturated heterocycles. The van der Waals surface area contributed by atoms with E-state index < -0.39 is 10.0 Å². The second-order valence-electron chi connectivity index (χ2n) is 7.27. The van der Waals surface area contributed by atoms with Crippen LogP contribution < -0.4 is 14.4 Å². The molecular weight excluding hydrogens is 374 g/mol. The number of sulfonamides is 1. The Kier molecular flexibility index (Phi) is 6.59. The monoisotopic (exact) mass is 403 g/mol. The Morgan fingerprint density at radius 2 is 1.64 bits per heavy atom. The predicted molar refractivity (Wildman–Crippen MR) is 112 cm³/mol. The first-order chi connectivity index (χ1) is 13.4. The van der Waals surface area contributed by atoms with Crippen molar-refractivity contribution in [2.45, 2.75) is 23.8 Å². The molecule has 0 radical (unpaired) electrons. The molecule has 0 bridgehead atoms. The molecule has 152 valence electrons. The van der Waals surface area contributed by atoms with Gasteiger partial charge in [0.1, 0.15) is 5.75 Å². The van der Waals surface area contributed by atoms with E-state index in [1.165, 1.54) is 0 Å². The van der Waals surface area contributed by atoms with E-state index in [2.05, 4.69) is 38.8 Å². The van der Waals surface area contributed by atoms with Gasteiger partial charge in [0.2, 0.25) is 10.0 Å². The molecule has 0 aliphatic carbocycles. The van der Waals surface area contributed by atoms with Crippen molar-refractivity contribution < 1.29 is 13.2 Å². The lowest BCUT2D eigenvalue weighted by atomic mass is 10.1. The van der Waals surface area contributed by atoms with E-state index in [0.29, 0.717) is 12.3 Å². The molecule has 0 spiro atoms. The zero-order chi connectivity index (χ0) is 20.1. The fourth-order valence-electron chi connectivity index (χ4n) is 3.53. The average Bonchev–Trinajstić information content (AvgIpc) is 3.23. The van der Waals surface area contributed by atoms with Gasteiger partial charge in [0.15, 0.2) is 0 Å². The molecular formula is C21H29N3O3S. The van der Waals surface area contributed by atoms with E-state index in [0.717, 1.165) is 37.2 Å². The van der Waals surface area contributed by atoms with Crippen molar-refractivity contribution in [1.82, 2.24) is 9.62 Å². The van der Waals surface area contributed by atoms with Gasteiger partial charge in [-0.1, -0.05) is 12.1 Å². The van der Waals surface area contributed by atoms with E-state index in [1.807, 2.05) is 14.1 Å². The van der Waals surface area contributed by atoms with E-state index in [1.54, 1.807) is 31.4 Å². The van der Waals surface area contributed by atoms with E-state index in [4.69, 9.17) is 4.74 Å². The minimum absolute atomic E-state index is 0.0201. The summed E-state index contributed by atoms with van der Waals surface area (Å²) in [6.07, 6.45) is 2.30. The summed E-state index contributed by atoms with van der Waals surface area (Å²) in [5.74, 6) is 0.634. The van der Waals surface area contributed by atoms with E-state index >= 15 is 0 Å². The molecule has 1 aliphatic heterocycles. The number of ether oxygens (including phenoxy) is 1. The maximum atomic E-state index is 12.7. The number of nitrogens with one attached hydrogen (secondary N) is 1. The third-order valence-corrected chi connectivity index (χ3v) is 6.65. The summed E-state index contributed by atoms with van der Waals surface area (Å²) in [7, 11) is 2.00. The van der Waals surface area contributed by atoms with E-state index in [9.17, 15) is 8.42 Å². The van der Waals surface area contributed by atoms with Crippen molar-refractivity contribution in [3.05, 3.63) is 54.1 Å². The van der Waals surface area contributed by atoms with Crippen molar-refractivity contribution in [1.29, 1.82) is 0 Å². The van der Waals surface area contributed by atoms with Crippen molar-refractivity contribution >= 4 is 15.7 Å². The summed E-state index contributed by atoms with van der Waals surface area (Å²) in [5.41, 5.74) is 2.26. The third-order valence-electron chi connectivity index (χ3n) is 5.21. The Hall–Kier alpha value is -2.09. The first-order valence-corrected chi connectivity index (χ1v) is 11.0. The molecule has 0 saturated carbocycles. The summed E-state index contributed by atoms with van der Waals surface area (Å²) in [6, 6.07) is 14.8. The Morgan fingerprint density at radius 3 is 2.18 bits per heavy atom. The lowest BCUT2D eigenvalue weighted by Gasteiger charge is -2.28. The van der Waals surface area contributed by atoms with Crippen LogP contribution in [0.3, 0.4) is 0 Å². The summed E-state index contributed by atoms with van der Waals surface area (Å²) < 4.78 is 33.4. The summed E-state index contributed by atoms with van der Waals surface area (Å²) in [6.45, 7) is 2.32. The van der Waals surface area contributed by atoms with Gasteiger partial charge in [-0.25, -0.2) is 13.1 Å². The van der Waals surface area contributed by atoms with Gasteiger partial charge in [-0.05, 0) is 67.9 Å². The number of hydrogen-bond donors (Lipinski definition) is 1.